The molecule has 0 atom stereocenters. The summed E-state index contributed by atoms with van der Waals surface area (Å²) in [6, 6.07) is 62.8. The van der Waals surface area contributed by atoms with E-state index in [0.29, 0.717) is 23.0 Å². The summed E-state index contributed by atoms with van der Waals surface area (Å²) in [4.78, 5) is 26.2. The van der Waals surface area contributed by atoms with Crippen molar-refractivity contribution in [2.45, 2.75) is 20.8 Å². The standard InChI is InChI=1S/C56H45NO7/c1-38-5-19-46(20-6-38)57(47-21-7-39(2)8-22-47)48-23-13-43(14-24-48)42-11-9-41(10-12-42)37-55(44-15-25-49(60-4)26-16-44)45-17-27-53(28-18-45)63-56(59)64-54-35-33-52(34-36-54)62-51-31-29-50(30-32-51)61-40(3)58/h5-37H,1-4H3/b55-37+. The van der Waals surface area contributed by atoms with E-state index in [2.05, 4.69) is 122 Å². The number of carbonyl (C=O) groups is 2. The van der Waals surface area contributed by atoms with Crippen LogP contribution in [0, 0.1) is 13.8 Å². The largest absolute Gasteiger partial charge is 0.519 e. The molecular formula is C56H45NO7. The van der Waals surface area contributed by atoms with Crippen LogP contribution in [0.15, 0.2) is 194 Å². The maximum Gasteiger partial charge on any atom is 0.519 e. The van der Waals surface area contributed by atoms with Gasteiger partial charge in [0.15, 0.2) is 0 Å². The number of nitrogens with zero attached hydrogens (tertiary/aromatic N) is 1. The Kier molecular flexibility index (Phi) is 12.9. The minimum atomic E-state index is -0.877. The van der Waals surface area contributed by atoms with Gasteiger partial charge in [-0.25, -0.2) is 4.79 Å². The predicted octanol–water partition coefficient (Wildman–Crippen LogP) is 14.3. The Morgan fingerprint density at radius 1 is 0.422 bits per heavy atom. The number of aryl methyl sites for hydroxylation is 2. The van der Waals surface area contributed by atoms with Gasteiger partial charge < -0.3 is 28.6 Å². The van der Waals surface area contributed by atoms with Crippen molar-refractivity contribution in [1.29, 1.82) is 0 Å². The highest BCUT2D eigenvalue weighted by atomic mass is 16.7. The number of anilines is 3. The van der Waals surface area contributed by atoms with Gasteiger partial charge in [0, 0.05) is 24.0 Å². The molecule has 0 fully saturated rings. The first-order valence-corrected chi connectivity index (χ1v) is 20.7. The zero-order chi connectivity index (χ0) is 44.4. The van der Waals surface area contributed by atoms with Gasteiger partial charge in [0.25, 0.3) is 0 Å². The van der Waals surface area contributed by atoms with E-state index in [4.69, 9.17) is 23.7 Å². The Morgan fingerprint density at radius 2 is 0.781 bits per heavy atom. The molecule has 0 N–H and O–H groups in total. The lowest BCUT2D eigenvalue weighted by molar-refractivity contribution is -0.131. The first-order valence-electron chi connectivity index (χ1n) is 20.7. The molecule has 0 heterocycles. The van der Waals surface area contributed by atoms with Crippen LogP contribution in [-0.2, 0) is 4.79 Å². The van der Waals surface area contributed by atoms with Crippen LogP contribution in [0.25, 0.3) is 22.8 Å². The first-order chi connectivity index (χ1) is 31.1. The Hall–Kier alpha value is -8.36. The Morgan fingerprint density at radius 3 is 1.20 bits per heavy atom. The molecule has 0 amide bonds. The molecular weight excluding hydrogens is 799 g/mol. The third-order valence-corrected chi connectivity index (χ3v) is 10.4. The Bertz CT molecular complexity index is 2810. The molecule has 64 heavy (non-hydrogen) atoms. The highest BCUT2D eigenvalue weighted by Gasteiger charge is 2.14. The number of methoxy groups -OCH3 is 1. The third kappa shape index (κ3) is 10.7. The molecule has 0 spiro atoms. The average Bonchev–Trinajstić information content (AvgIpc) is 3.31. The van der Waals surface area contributed by atoms with Gasteiger partial charge in [-0.1, -0.05) is 96.1 Å². The zero-order valence-electron chi connectivity index (χ0n) is 35.9. The maximum atomic E-state index is 12.8. The van der Waals surface area contributed by atoms with Crippen LogP contribution in [0.2, 0.25) is 0 Å². The second-order valence-electron chi connectivity index (χ2n) is 15.1. The van der Waals surface area contributed by atoms with E-state index in [0.717, 1.165) is 56.2 Å². The predicted molar refractivity (Wildman–Crippen MR) is 253 cm³/mol. The fourth-order valence-electron chi connectivity index (χ4n) is 7.05. The fourth-order valence-corrected chi connectivity index (χ4v) is 7.05. The van der Waals surface area contributed by atoms with Gasteiger partial charge in [-0.05, 0) is 163 Å². The number of carbonyl (C=O) groups excluding carboxylic acids is 2. The normalized spacial score (nSPS) is 11.0. The van der Waals surface area contributed by atoms with Crippen molar-refractivity contribution in [3.63, 3.8) is 0 Å². The number of esters is 1. The van der Waals surface area contributed by atoms with Crippen LogP contribution in [0.3, 0.4) is 0 Å². The van der Waals surface area contributed by atoms with Gasteiger partial charge in [0.2, 0.25) is 0 Å². The second-order valence-corrected chi connectivity index (χ2v) is 15.1. The van der Waals surface area contributed by atoms with Crippen molar-refractivity contribution in [2.24, 2.45) is 0 Å². The molecule has 0 aliphatic heterocycles. The molecule has 0 bridgehead atoms. The summed E-state index contributed by atoms with van der Waals surface area (Å²) in [5.74, 6) is 2.48. The van der Waals surface area contributed by atoms with Crippen LogP contribution in [-0.4, -0.2) is 19.2 Å². The minimum absolute atomic E-state index is 0.287. The molecule has 0 radical (unpaired) electrons. The molecule has 0 saturated heterocycles. The van der Waals surface area contributed by atoms with Crippen molar-refractivity contribution >= 4 is 40.8 Å². The van der Waals surface area contributed by atoms with Gasteiger partial charge >= 0.3 is 12.1 Å². The molecule has 316 valence electrons. The minimum Gasteiger partial charge on any atom is -0.497 e. The quantitative estimate of drug-likeness (QED) is 0.0491. The molecule has 8 aromatic carbocycles. The van der Waals surface area contributed by atoms with E-state index in [9.17, 15) is 9.59 Å². The number of rotatable bonds is 13. The molecule has 8 nitrogen and oxygen atoms in total. The summed E-state index contributed by atoms with van der Waals surface area (Å²) in [5, 5.41) is 0. The first kappa shape index (κ1) is 42.3. The molecule has 8 heteroatoms. The SMILES string of the molecule is COc1ccc(/C(=C\c2ccc(-c3ccc(N(c4ccc(C)cc4)c4ccc(C)cc4)cc3)cc2)c2ccc(OC(=O)Oc3ccc(Oc4ccc(OC(C)=O)cc4)cc3)cc2)cc1. The van der Waals surface area contributed by atoms with Crippen LogP contribution < -0.4 is 28.6 Å². The van der Waals surface area contributed by atoms with Crippen molar-refractivity contribution in [2.75, 3.05) is 12.0 Å². The van der Waals surface area contributed by atoms with Gasteiger partial charge in [0.1, 0.15) is 34.5 Å². The monoisotopic (exact) mass is 843 g/mol. The summed E-state index contributed by atoms with van der Waals surface area (Å²) in [6.07, 6.45) is 1.27. The van der Waals surface area contributed by atoms with Crippen LogP contribution in [0.5, 0.6) is 34.5 Å². The smallest absolute Gasteiger partial charge is 0.497 e. The second kappa shape index (κ2) is 19.6. The van der Waals surface area contributed by atoms with Gasteiger partial charge in [0.05, 0.1) is 7.11 Å². The van der Waals surface area contributed by atoms with Crippen molar-refractivity contribution in [1.82, 2.24) is 0 Å². The molecule has 0 aromatic heterocycles. The third-order valence-electron chi connectivity index (χ3n) is 10.4. The highest BCUT2D eigenvalue weighted by Crippen LogP contribution is 2.37. The van der Waals surface area contributed by atoms with Crippen LogP contribution in [0.1, 0.15) is 34.7 Å². The van der Waals surface area contributed by atoms with E-state index in [1.165, 1.54) is 18.1 Å². The van der Waals surface area contributed by atoms with Crippen molar-refractivity contribution in [3.05, 3.63) is 222 Å². The number of hydrogen-bond acceptors (Lipinski definition) is 8. The van der Waals surface area contributed by atoms with Gasteiger partial charge in [-0.15, -0.1) is 0 Å². The summed E-state index contributed by atoms with van der Waals surface area (Å²) in [5.41, 5.74) is 11.9. The van der Waals surface area contributed by atoms with E-state index in [1.807, 2.05) is 36.4 Å². The number of benzene rings is 8. The lowest BCUT2D eigenvalue weighted by atomic mass is 9.95. The Balaban J connectivity index is 0.954. The average molecular weight is 844 g/mol. The maximum absolute atomic E-state index is 12.8. The van der Waals surface area contributed by atoms with Crippen molar-refractivity contribution in [3.8, 4) is 45.6 Å². The zero-order valence-corrected chi connectivity index (χ0v) is 35.9. The van der Waals surface area contributed by atoms with E-state index in [1.54, 1.807) is 67.8 Å². The van der Waals surface area contributed by atoms with E-state index in [-0.39, 0.29) is 5.75 Å². The highest BCUT2D eigenvalue weighted by molar-refractivity contribution is 5.92. The topological polar surface area (TPSA) is 83.5 Å². The molecule has 0 unspecified atom stereocenters. The summed E-state index contributed by atoms with van der Waals surface area (Å²) >= 11 is 0. The summed E-state index contributed by atoms with van der Waals surface area (Å²) in [6.45, 7) is 5.55. The lowest BCUT2D eigenvalue weighted by Gasteiger charge is -2.26. The van der Waals surface area contributed by atoms with Gasteiger partial charge in [-0.3, -0.25) is 4.79 Å². The molecule has 8 rings (SSSR count). The fraction of sp³-hybridized carbons (Fsp3) is 0.0714. The number of hydrogen-bond donors (Lipinski definition) is 0. The molecule has 0 aliphatic carbocycles. The number of ether oxygens (including phenoxy) is 5. The molecule has 8 aromatic rings. The summed E-state index contributed by atoms with van der Waals surface area (Å²) in [7, 11) is 1.65. The van der Waals surface area contributed by atoms with Crippen LogP contribution >= 0.6 is 0 Å². The van der Waals surface area contributed by atoms with Crippen LogP contribution in [0.4, 0.5) is 21.9 Å². The van der Waals surface area contributed by atoms with E-state index >= 15 is 0 Å². The lowest BCUT2D eigenvalue weighted by Crippen LogP contribution is -2.13. The molecule has 0 aliphatic rings. The Labute approximate surface area is 373 Å². The van der Waals surface area contributed by atoms with Crippen molar-refractivity contribution < 1.29 is 33.3 Å². The van der Waals surface area contributed by atoms with Gasteiger partial charge in [-0.2, -0.15) is 0 Å². The van der Waals surface area contributed by atoms with E-state index < -0.39 is 12.1 Å². The molecule has 0 saturated carbocycles. The summed E-state index contributed by atoms with van der Waals surface area (Å²) < 4.78 is 27.3.